The maximum Gasteiger partial charge on any atom is 0.296 e. The fourth-order valence-electron chi connectivity index (χ4n) is 1.49. The summed E-state index contributed by atoms with van der Waals surface area (Å²) in [4.78, 5) is 28.2. The summed E-state index contributed by atoms with van der Waals surface area (Å²) >= 11 is 5.46. The Bertz CT molecular complexity index is 636. The van der Waals surface area contributed by atoms with E-state index in [0.717, 1.165) is 0 Å². The van der Waals surface area contributed by atoms with Crippen LogP contribution in [0.25, 0.3) is 11.1 Å². The number of para-hydroxylation sites is 1. The zero-order chi connectivity index (χ0) is 14.0. The lowest BCUT2D eigenvalue weighted by molar-refractivity contribution is -0.126. The fourth-order valence-corrected chi connectivity index (χ4v) is 1.64. The van der Waals surface area contributed by atoms with Crippen LogP contribution >= 0.6 is 11.6 Å². The van der Waals surface area contributed by atoms with Crippen LogP contribution in [0.1, 0.15) is 10.4 Å². The first-order valence-electron chi connectivity index (χ1n) is 5.52. The SMILES string of the molecule is CN(C)C(=O)CNc1nc2c(C(=O)Cl)cccc2o1. The first kappa shape index (κ1) is 13.4. The minimum atomic E-state index is -0.602. The monoisotopic (exact) mass is 281 g/mol. The van der Waals surface area contributed by atoms with Gasteiger partial charge in [0, 0.05) is 14.1 Å². The van der Waals surface area contributed by atoms with Crippen LogP contribution in [0.15, 0.2) is 22.6 Å². The van der Waals surface area contributed by atoms with Gasteiger partial charge in [-0.3, -0.25) is 9.59 Å². The van der Waals surface area contributed by atoms with Crippen LogP contribution in [0.2, 0.25) is 0 Å². The predicted octanol–water partition coefficient (Wildman–Crippen LogP) is 1.71. The number of halogens is 1. The highest BCUT2D eigenvalue weighted by molar-refractivity contribution is 6.68. The van der Waals surface area contributed by atoms with Crippen molar-refractivity contribution in [2.75, 3.05) is 26.0 Å². The number of carbonyl (C=O) groups is 2. The fraction of sp³-hybridized carbons (Fsp3) is 0.250. The van der Waals surface area contributed by atoms with Gasteiger partial charge in [-0.15, -0.1) is 0 Å². The molecule has 0 aliphatic carbocycles. The van der Waals surface area contributed by atoms with Crippen LogP contribution in [0.3, 0.4) is 0 Å². The number of carbonyl (C=O) groups excluding carboxylic acids is 2. The molecule has 0 saturated carbocycles. The number of rotatable bonds is 4. The van der Waals surface area contributed by atoms with Gasteiger partial charge in [0.05, 0.1) is 12.1 Å². The van der Waals surface area contributed by atoms with Gasteiger partial charge < -0.3 is 14.6 Å². The Labute approximate surface area is 114 Å². The Balaban J connectivity index is 2.25. The first-order chi connectivity index (χ1) is 8.99. The zero-order valence-corrected chi connectivity index (χ0v) is 11.2. The van der Waals surface area contributed by atoms with Gasteiger partial charge in [-0.25, -0.2) is 0 Å². The Hall–Kier alpha value is -2.08. The second-order valence-electron chi connectivity index (χ2n) is 4.09. The standard InChI is InChI=1S/C12H12ClN3O3/c1-16(2)9(17)6-14-12-15-10-7(11(13)18)4-3-5-8(10)19-12/h3-5H,6H2,1-2H3,(H,14,15). The summed E-state index contributed by atoms with van der Waals surface area (Å²) in [5, 5.41) is 2.16. The quantitative estimate of drug-likeness (QED) is 0.864. The lowest BCUT2D eigenvalue weighted by atomic mass is 10.2. The van der Waals surface area contributed by atoms with Crippen molar-refractivity contribution in [3.05, 3.63) is 23.8 Å². The molecule has 0 fully saturated rings. The maximum absolute atomic E-state index is 11.4. The number of nitrogens with zero attached hydrogens (tertiary/aromatic N) is 2. The van der Waals surface area contributed by atoms with Crippen LogP contribution < -0.4 is 5.32 Å². The van der Waals surface area contributed by atoms with Gasteiger partial charge in [-0.2, -0.15) is 4.98 Å². The van der Waals surface area contributed by atoms with Crippen molar-refractivity contribution in [3.63, 3.8) is 0 Å². The summed E-state index contributed by atoms with van der Waals surface area (Å²) < 4.78 is 5.39. The van der Waals surface area contributed by atoms with E-state index >= 15 is 0 Å². The maximum atomic E-state index is 11.4. The molecule has 1 aromatic heterocycles. The molecule has 19 heavy (non-hydrogen) atoms. The van der Waals surface area contributed by atoms with Gasteiger partial charge in [0.15, 0.2) is 5.58 Å². The van der Waals surface area contributed by atoms with Gasteiger partial charge in [0.25, 0.3) is 11.3 Å². The lowest BCUT2D eigenvalue weighted by Crippen LogP contribution is -2.28. The third kappa shape index (κ3) is 2.85. The Kier molecular flexibility index (Phi) is 3.71. The van der Waals surface area contributed by atoms with Gasteiger partial charge in [-0.05, 0) is 23.7 Å². The number of hydrogen-bond acceptors (Lipinski definition) is 5. The predicted molar refractivity (Wildman–Crippen MR) is 71.4 cm³/mol. The molecule has 0 radical (unpaired) electrons. The molecule has 0 bridgehead atoms. The third-order valence-corrected chi connectivity index (χ3v) is 2.72. The van der Waals surface area contributed by atoms with Crippen molar-refractivity contribution >= 4 is 39.9 Å². The number of hydrogen-bond donors (Lipinski definition) is 1. The summed E-state index contributed by atoms with van der Waals surface area (Å²) in [6, 6.07) is 5.06. The Morgan fingerprint density at radius 1 is 1.42 bits per heavy atom. The normalized spacial score (nSPS) is 10.5. The number of nitrogens with one attached hydrogen (secondary N) is 1. The molecule has 6 nitrogen and oxygen atoms in total. The van der Waals surface area contributed by atoms with Crippen molar-refractivity contribution in [2.24, 2.45) is 0 Å². The number of amides is 1. The van der Waals surface area contributed by atoms with Crippen LogP contribution in [0.5, 0.6) is 0 Å². The molecule has 100 valence electrons. The summed E-state index contributed by atoms with van der Waals surface area (Å²) in [6.45, 7) is 0.0595. The van der Waals surface area contributed by atoms with Gasteiger partial charge in [-0.1, -0.05) is 6.07 Å². The van der Waals surface area contributed by atoms with Crippen LogP contribution in [0.4, 0.5) is 6.01 Å². The molecule has 0 saturated heterocycles. The highest BCUT2D eigenvalue weighted by Crippen LogP contribution is 2.23. The molecule has 1 amide bonds. The van der Waals surface area contributed by atoms with E-state index in [-0.39, 0.29) is 24.0 Å². The molecule has 0 unspecified atom stereocenters. The zero-order valence-electron chi connectivity index (χ0n) is 10.4. The topological polar surface area (TPSA) is 75.4 Å². The number of oxazole rings is 1. The molecule has 2 aromatic rings. The largest absolute Gasteiger partial charge is 0.424 e. The smallest absolute Gasteiger partial charge is 0.296 e. The second-order valence-corrected chi connectivity index (χ2v) is 4.43. The Morgan fingerprint density at radius 3 is 2.79 bits per heavy atom. The molecular weight excluding hydrogens is 270 g/mol. The molecule has 7 heteroatoms. The summed E-state index contributed by atoms with van der Waals surface area (Å²) in [5.74, 6) is -0.115. The van der Waals surface area contributed by atoms with Gasteiger partial charge in [0.2, 0.25) is 5.91 Å². The van der Waals surface area contributed by atoms with E-state index in [0.29, 0.717) is 11.1 Å². The Morgan fingerprint density at radius 2 is 2.16 bits per heavy atom. The van der Waals surface area contributed by atoms with Crippen LogP contribution in [-0.2, 0) is 4.79 Å². The van der Waals surface area contributed by atoms with Crippen molar-refractivity contribution in [1.82, 2.24) is 9.88 Å². The molecule has 1 aromatic carbocycles. The minimum Gasteiger partial charge on any atom is -0.424 e. The summed E-state index contributed by atoms with van der Waals surface area (Å²) in [6.07, 6.45) is 0. The first-order valence-corrected chi connectivity index (χ1v) is 5.90. The average Bonchev–Trinajstić information content (AvgIpc) is 2.77. The van der Waals surface area contributed by atoms with Crippen molar-refractivity contribution in [2.45, 2.75) is 0 Å². The van der Waals surface area contributed by atoms with E-state index in [4.69, 9.17) is 16.0 Å². The molecule has 0 atom stereocenters. The van der Waals surface area contributed by atoms with Crippen LogP contribution in [-0.4, -0.2) is 41.7 Å². The third-order valence-electron chi connectivity index (χ3n) is 2.52. The van der Waals surface area contributed by atoms with Crippen LogP contribution in [0, 0.1) is 0 Å². The highest BCUT2D eigenvalue weighted by Gasteiger charge is 2.14. The molecule has 1 N–H and O–H groups in total. The molecule has 0 aliphatic heterocycles. The van der Waals surface area contributed by atoms with Crippen molar-refractivity contribution in [1.29, 1.82) is 0 Å². The minimum absolute atomic E-state index is 0.0595. The second kappa shape index (κ2) is 5.27. The highest BCUT2D eigenvalue weighted by atomic mass is 35.5. The van der Waals surface area contributed by atoms with E-state index in [1.807, 2.05) is 0 Å². The number of aromatic nitrogens is 1. The average molecular weight is 282 g/mol. The van der Waals surface area contributed by atoms with E-state index in [1.54, 1.807) is 32.3 Å². The van der Waals surface area contributed by atoms with E-state index in [1.165, 1.54) is 4.90 Å². The number of fused-ring (bicyclic) bond motifs is 1. The van der Waals surface area contributed by atoms with Gasteiger partial charge >= 0.3 is 0 Å². The molecule has 0 spiro atoms. The van der Waals surface area contributed by atoms with E-state index in [2.05, 4.69) is 10.3 Å². The van der Waals surface area contributed by atoms with Crippen molar-refractivity contribution < 1.29 is 14.0 Å². The summed E-state index contributed by atoms with van der Waals surface area (Å²) in [5.41, 5.74) is 1.09. The number of likely N-dealkylation sites (N-methyl/N-ethyl adjacent to an activating group) is 1. The molecular formula is C12H12ClN3O3. The molecule has 0 aliphatic rings. The lowest BCUT2D eigenvalue weighted by Gasteiger charge is -2.09. The summed E-state index contributed by atoms with van der Waals surface area (Å²) in [7, 11) is 3.31. The molecule has 2 rings (SSSR count). The molecule has 1 heterocycles. The van der Waals surface area contributed by atoms with E-state index < -0.39 is 5.24 Å². The van der Waals surface area contributed by atoms with Gasteiger partial charge in [0.1, 0.15) is 5.52 Å². The number of benzene rings is 1. The van der Waals surface area contributed by atoms with Crippen molar-refractivity contribution in [3.8, 4) is 0 Å². The van der Waals surface area contributed by atoms with E-state index in [9.17, 15) is 9.59 Å². The number of anilines is 1.